The van der Waals surface area contributed by atoms with E-state index < -0.39 is 0 Å². The Balaban J connectivity index is 2.81. The first-order valence-electron chi connectivity index (χ1n) is 5.13. The Morgan fingerprint density at radius 3 is 2.65 bits per heavy atom. The van der Waals surface area contributed by atoms with E-state index in [1.54, 1.807) is 26.0 Å². The molecule has 0 aliphatic rings. The summed E-state index contributed by atoms with van der Waals surface area (Å²) in [4.78, 5) is 0.962. The van der Waals surface area contributed by atoms with Gasteiger partial charge in [0, 0.05) is 19.1 Å². The highest BCUT2D eigenvalue weighted by Gasteiger charge is 2.09. The van der Waals surface area contributed by atoms with Crippen LogP contribution in [0.2, 0.25) is 0 Å². The number of ether oxygens (including phenoxy) is 2. The van der Waals surface area contributed by atoms with E-state index in [4.69, 9.17) is 14.7 Å². The second-order valence-electron chi connectivity index (χ2n) is 3.28. The molecule has 0 saturated carbocycles. The summed E-state index contributed by atoms with van der Waals surface area (Å²) in [7, 11) is 3.17. The van der Waals surface area contributed by atoms with Gasteiger partial charge in [0.25, 0.3) is 0 Å². The smallest absolute Gasteiger partial charge is 0.173 e. The van der Waals surface area contributed by atoms with Gasteiger partial charge in [0.15, 0.2) is 6.29 Å². The molecule has 1 rings (SSSR count). The summed E-state index contributed by atoms with van der Waals surface area (Å²) in [6.45, 7) is 0.500. The van der Waals surface area contributed by atoms with Crippen molar-refractivity contribution in [3.8, 4) is 6.07 Å². The van der Waals surface area contributed by atoms with Gasteiger partial charge < -0.3 is 14.8 Å². The maximum absolute atomic E-state index is 9.14. The molecule has 0 bridgehead atoms. The summed E-state index contributed by atoms with van der Waals surface area (Å²) in [6.07, 6.45) is 1.63. The van der Waals surface area contributed by atoms with Crippen LogP contribution in [0.25, 0.3) is 0 Å². The van der Waals surface area contributed by atoms with E-state index >= 15 is 0 Å². The Bertz CT molecular complexity index is 400. The Hall–Kier alpha value is -1.22. The molecule has 0 fully saturated rings. The van der Waals surface area contributed by atoms with Crippen LogP contribution in [0.3, 0.4) is 0 Å². The van der Waals surface area contributed by atoms with Crippen LogP contribution < -0.4 is 5.32 Å². The van der Waals surface area contributed by atoms with E-state index in [0.29, 0.717) is 12.1 Å². The van der Waals surface area contributed by atoms with Crippen LogP contribution in [0.1, 0.15) is 5.56 Å². The minimum absolute atomic E-state index is 0.320. The molecule has 0 saturated heterocycles. The molecule has 4 nitrogen and oxygen atoms in total. The Morgan fingerprint density at radius 1 is 1.41 bits per heavy atom. The average Bonchev–Trinajstić information content (AvgIpc) is 2.39. The number of benzene rings is 1. The maximum Gasteiger partial charge on any atom is 0.173 e. The zero-order chi connectivity index (χ0) is 12.7. The lowest BCUT2D eigenvalue weighted by Crippen LogP contribution is -2.23. The second-order valence-corrected chi connectivity index (χ2v) is 4.12. The number of nitriles is 1. The third-order valence-electron chi connectivity index (χ3n) is 2.34. The van der Waals surface area contributed by atoms with Crippen LogP contribution in [0.15, 0.2) is 23.1 Å². The van der Waals surface area contributed by atoms with Gasteiger partial charge >= 0.3 is 0 Å². The fourth-order valence-electron chi connectivity index (χ4n) is 1.42. The Morgan fingerprint density at radius 2 is 2.12 bits per heavy atom. The fourth-order valence-corrected chi connectivity index (χ4v) is 1.99. The number of rotatable bonds is 6. The minimum Gasteiger partial charge on any atom is -0.379 e. The van der Waals surface area contributed by atoms with Gasteiger partial charge in [0.2, 0.25) is 0 Å². The van der Waals surface area contributed by atoms with E-state index in [1.165, 1.54) is 0 Å². The molecular weight excluding hydrogens is 236 g/mol. The molecule has 0 aromatic heterocycles. The van der Waals surface area contributed by atoms with Crippen LogP contribution in [0, 0.1) is 11.3 Å². The molecule has 0 heterocycles. The van der Waals surface area contributed by atoms with Crippen molar-refractivity contribution in [2.75, 3.05) is 32.3 Å². The van der Waals surface area contributed by atoms with Crippen molar-refractivity contribution in [1.29, 1.82) is 5.26 Å². The highest BCUT2D eigenvalue weighted by molar-refractivity contribution is 7.98. The predicted octanol–water partition coefficient (Wildman–Crippen LogP) is 2.31. The number of thioether (sulfide) groups is 1. The van der Waals surface area contributed by atoms with Gasteiger partial charge in [0.1, 0.15) is 6.07 Å². The van der Waals surface area contributed by atoms with Crippen molar-refractivity contribution in [3.05, 3.63) is 23.8 Å². The summed E-state index contributed by atoms with van der Waals surface area (Å²) in [5.74, 6) is 0. The van der Waals surface area contributed by atoms with Crippen molar-refractivity contribution in [2.24, 2.45) is 0 Å². The quantitative estimate of drug-likeness (QED) is 0.622. The lowest BCUT2D eigenvalue weighted by atomic mass is 10.2. The average molecular weight is 252 g/mol. The summed E-state index contributed by atoms with van der Waals surface area (Å²) >= 11 is 1.55. The molecule has 0 amide bonds. The number of hydrogen-bond donors (Lipinski definition) is 1. The molecular formula is C12H16N2O2S. The zero-order valence-electron chi connectivity index (χ0n) is 10.2. The molecule has 1 aromatic rings. The van der Waals surface area contributed by atoms with Crippen LogP contribution in [-0.4, -0.2) is 33.3 Å². The van der Waals surface area contributed by atoms with Crippen molar-refractivity contribution >= 4 is 17.4 Å². The van der Waals surface area contributed by atoms with E-state index in [1.807, 2.05) is 24.5 Å². The van der Waals surface area contributed by atoms with E-state index in [9.17, 15) is 0 Å². The molecule has 0 aliphatic heterocycles. The molecule has 0 spiro atoms. The standard InChI is InChI=1S/C12H16N2O2S/c1-15-12(16-2)8-14-10-5-4-6-11(17-3)9(10)7-13/h4-6,12,14H,8H2,1-3H3. The van der Waals surface area contributed by atoms with Gasteiger partial charge in [-0.15, -0.1) is 11.8 Å². The maximum atomic E-state index is 9.14. The molecule has 5 heteroatoms. The van der Waals surface area contributed by atoms with Gasteiger partial charge in [-0.2, -0.15) is 5.26 Å². The van der Waals surface area contributed by atoms with Gasteiger partial charge in [-0.1, -0.05) is 6.07 Å². The third kappa shape index (κ3) is 3.63. The number of nitrogens with zero attached hydrogens (tertiary/aromatic N) is 1. The molecule has 92 valence electrons. The van der Waals surface area contributed by atoms with Crippen molar-refractivity contribution in [2.45, 2.75) is 11.2 Å². The number of hydrogen-bond acceptors (Lipinski definition) is 5. The van der Waals surface area contributed by atoms with Gasteiger partial charge in [-0.05, 0) is 18.4 Å². The lowest BCUT2D eigenvalue weighted by Gasteiger charge is -2.16. The van der Waals surface area contributed by atoms with Crippen molar-refractivity contribution < 1.29 is 9.47 Å². The summed E-state index contributed by atoms with van der Waals surface area (Å²) in [6, 6.07) is 7.93. The van der Waals surface area contributed by atoms with Crippen molar-refractivity contribution in [3.63, 3.8) is 0 Å². The van der Waals surface area contributed by atoms with Crippen molar-refractivity contribution in [1.82, 2.24) is 0 Å². The SMILES string of the molecule is COC(CNc1cccc(SC)c1C#N)OC. The lowest BCUT2D eigenvalue weighted by molar-refractivity contribution is -0.0914. The molecule has 0 unspecified atom stereocenters. The number of anilines is 1. The van der Waals surface area contributed by atoms with Gasteiger partial charge in [0.05, 0.1) is 17.8 Å². The first-order valence-corrected chi connectivity index (χ1v) is 6.35. The first-order chi connectivity index (χ1) is 8.26. The first kappa shape index (κ1) is 13.8. The second kappa shape index (κ2) is 7.17. The summed E-state index contributed by atoms with van der Waals surface area (Å²) in [5, 5.41) is 12.3. The molecule has 0 atom stereocenters. The van der Waals surface area contributed by atoms with E-state index in [-0.39, 0.29) is 6.29 Å². The third-order valence-corrected chi connectivity index (χ3v) is 3.12. The summed E-state index contributed by atoms with van der Waals surface area (Å²) in [5.41, 5.74) is 1.46. The molecule has 17 heavy (non-hydrogen) atoms. The number of nitrogens with one attached hydrogen (secondary N) is 1. The topological polar surface area (TPSA) is 54.3 Å². The highest BCUT2D eigenvalue weighted by atomic mass is 32.2. The van der Waals surface area contributed by atoms with Crippen LogP contribution in [0.5, 0.6) is 0 Å². The Kier molecular flexibility index (Phi) is 5.84. The number of methoxy groups -OCH3 is 2. The van der Waals surface area contributed by atoms with Crippen LogP contribution in [0.4, 0.5) is 5.69 Å². The molecule has 1 N–H and O–H groups in total. The van der Waals surface area contributed by atoms with E-state index in [0.717, 1.165) is 10.6 Å². The normalized spacial score (nSPS) is 10.3. The zero-order valence-corrected chi connectivity index (χ0v) is 11.0. The predicted molar refractivity (Wildman–Crippen MR) is 69.2 cm³/mol. The largest absolute Gasteiger partial charge is 0.379 e. The monoisotopic (exact) mass is 252 g/mol. The highest BCUT2D eigenvalue weighted by Crippen LogP contribution is 2.26. The molecule has 0 radical (unpaired) electrons. The van der Waals surface area contributed by atoms with Gasteiger partial charge in [-0.3, -0.25) is 0 Å². The minimum atomic E-state index is -0.320. The molecule has 1 aromatic carbocycles. The van der Waals surface area contributed by atoms with E-state index in [2.05, 4.69) is 11.4 Å². The summed E-state index contributed by atoms with van der Waals surface area (Å²) < 4.78 is 10.2. The fraction of sp³-hybridized carbons (Fsp3) is 0.417. The Labute approximate surface area is 106 Å². The van der Waals surface area contributed by atoms with Crippen LogP contribution in [-0.2, 0) is 9.47 Å². The van der Waals surface area contributed by atoms with Gasteiger partial charge in [-0.25, -0.2) is 0 Å². The van der Waals surface area contributed by atoms with Crippen LogP contribution >= 0.6 is 11.8 Å². The molecule has 0 aliphatic carbocycles.